The van der Waals surface area contributed by atoms with Crippen LogP contribution in [-0.2, 0) is 10.5 Å². The van der Waals surface area contributed by atoms with Gasteiger partial charge in [0.25, 0.3) is 0 Å². The third kappa shape index (κ3) is 3.59. The highest BCUT2D eigenvalue weighted by molar-refractivity contribution is 7.99. The number of hydrogen-bond donors (Lipinski definition) is 0. The van der Waals surface area contributed by atoms with E-state index in [2.05, 4.69) is 11.9 Å². The van der Waals surface area contributed by atoms with Crippen LogP contribution >= 0.6 is 11.8 Å². The molecule has 1 nitrogen and oxygen atoms in total. The van der Waals surface area contributed by atoms with Gasteiger partial charge in [0.1, 0.15) is 11.6 Å². The van der Waals surface area contributed by atoms with Crippen molar-refractivity contribution in [3.63, 3.8) is 0 Å². The fourth-order valence-electron chi connectivity index (χ4n) is 3.13. The molecule has 0 saturated carbocycles. The molecule has 1 aliphatic heterocycles. The molecule has 1 saturated heterocycles. The molecule has 1 aliphatic rings. The molecule has 2 aromatic carbocycles. The molecule has 0 spiro atoms. The normalized spacial score (nSPS) is 18.0. The zero-order valence-electron chi connectivity index (χ0n) is 13.3. The average Bonchev–Trinajstić information content (AvgIpc) is 2.57. The summed E-state index contributed by atoms with van der Waals surface area (Å²) in [7, 11) is 2.09. The smallest absolute Gasteiger partial charge is 0.127 e. The van der Waals surface area contributed by atoms with E-state index in [9.17, 15) is 8.78 Å². The molecule has 0 radical (unpaired) electrons. The van der Waals surface area contributed by atoms with Crippen molar-refractivity contribution in [1.29, 1.82) is 0 Å². The molecule has 122 valence electrons. The van der Waals surface area contributed by atoms with Crippen molar-refractivity contribution >= 4 is 11.8 Å². The Morgan fingerprint density at radius 2 is 1.57 bits per heavy atom. The minimum Gasteiger partial charge on any atom is -0.306 e. The summed E-state index contributed by atoms with van der Waals surface area (Å²) in [5.41, 5.74) is 1.45. The zero-order valence-corrected chi connectivity index (χ0v) is 14.1. The number of likely N-dealkylation sites (tertiary alicyclic amines) is 1. The van der Waals surface area contributed by atoms with Crippen LogP contribution in [0.25, 0.3) is 0 Å². The minimum absolute atomic E-state index is 0.155. The molecule has 0 aliphatic carbocycles. The van der Waals surface area contributed by atoms with Crippen LogP contribution in [0.15, 0.2) is 48.5 Å². The standard InChI is InChI=1S/C19H21F2NS/c1-22-12-10-19(11-13-22,16-7-3-5-9-18(16)21)23-14-15-6-2-4-8-17(15)20/h2-9H,10-14H2,1H3. The van der Waals surface area contributed by atoms with E-state index in [4.69, 9.17) is 0 Å². The summed E-state index contributed by atoms with van der Waals surface area (Å²) in [6, 6.07) is 13.9. The van der Waals surface area contributed by atoms with Gasteiger partial charge in [-0.2, -0.15) is 0 Å². The van der Waals surface area contributed by atoms with Crippen molar-refractivity contribution < 1.29 is 8.78 Å². The van der Waals surface area contributed by atoms with Gasteiger partial charge in [0.05, 0.1) is 0 Å². The minimum atomic E-state index is -0.278. The number of benzene rings is 2. The quantitative estimate of drug-likeness (QED) is 0.789. The van der Waals surface area contributed by atoms with E-state index in [-0.39, 0.29) is 16.4 Å². The van der Waals surface area contributed by atoms with Crippen LogP contribution in [0, 0.1) is 11.6 Å². The van der Waals surface area contributed by atoms with E-state index < -0.39 is 0 Å². The molecule has 3 rings (SSSR count). The third-order valence-corrected chi connectivity index (χ3v) is 6.26. The molecule has 0 bridgehead atoms. The fourth-order valence-corrected chi connectivity index (χ4v) is 4.59. The van der Waals surface area contributed by atoms with E-state index in [1.54, 1.807) is 23.9 Å². The van der Waals surface area contributed by atoms with Crippen LogP contribution in [0.4, 0.5) is 8.78 Å². The summed E-state index contributed by atoms with van der Waals surface area (Å²) in [4.78, 5) is 2.27. The number of thioether (sulfide) groups is 1. The molecule has 0 unspecified atom stereocenters. The van der Waals surface area contributed by atoms with E-state index in [0.717, 1.165) is 31.5 Å². The largest absolute Gasteiger partial charge is 0.306 e. The van der Waals surface area contributed by atoms with Gasteiger partial charge in [-0.15, -0.1) is 11.8 Å². The van der Waals surface area contributed by atoms with Crippen LogP contribution in [0.2, 0.25) is 0 Å². The molecule has 0 N–H and O–H groups in total. The maximum Gasteiger partial charge on any atom is 0.127 e. The summed E-state index contributed by atoms with van der Waals surface area (Å²) < 4.78 is 28.1. The number of halogens is 2. The molecule has 4 heteroatoms. The molecular weight excluding hydrogens is 312 g/mol. The highest BCUT2D eigenvalue weighted by Crippen LogP contribution is 2.47. The molecule has 0 aromatic heterocycles. The summed E-state index contributed by atoms with van der Waals surface area (Å²) in [6.45, 7) is 1.86. The Kier molecular flexibility index (Phi) is 5.02. The van der Waals surface area contributed by atoms with Gasteiger partial charge in [-0.3, -0.25) is 0 Å². The van der Waals surface area contributed by atoms with Crippen molar-refractivity contribution in [3.05, 3.63) is 71.3 Å². The van der Waals surface area contributed by atoms with Gasteiger partial charge < -0.3 is 4.90 Å². The van der Waals surface area contributed by atoms with Crippen molar-refractivity contribution in [1.82, 2.24) is 4.90 Å². The highest BCUT2D eigenvalue weighted by Gasteiger charge is 2.37. The average molecular weight is 333 g/mol. The third-order valence-electron chi connectivity index (χ3n) is 4.62. The van der Waals surface area contributed by atoms with Crippen molar-refractivity contribution in [3.8, 4) is 0 Å². The lowest BCUT2D eigenvalue weighted by molar-refractivity contribution is 0.237. The van der Waals surface area contributed by atoms with Crippen LogP contribution in [0.1, 0.15) is 24.0 Å². The van der Waals surface area contributed by atoms with E-state index in [1.165, 1.54) is 12.1 Å². The maximum absolute atomic E-state index is 14.4. The number of nitrogens with zero attached hydrogens (tertiary/aromatic N) is 1. The topological polar surface area (TPSA) is 3.24 Å². The monoisotopic (exact) mass is 333 g/mol. The zero-order chi connectivity index (χ0) is 16.3. The first-order valence-electron chi connectivity index (χ1n) is 7.92. The van der Waals surface area contributed by atoms with Crippen LogP contribution in [-0.4, -0.2) is 25.0 Å². The fraction of sp³-hybridized carbons (Fsp3) is 0.368. The number of hydrogen-bond acceptors (Lipinski definition) is 2. The predicted octanol–water partition coefficient (Wildman–Crippen LogP) is 4.82. The lowest BCUT2D eigenvalue weighted by Crippen LogP contribution is -2.39. The van der Waals surface area contributed by atoms with Crippen molar-refractivity contribution in [2.24, 2.45) is 0 Å². The van der Waals surface area contributed by atoms with Crippen molar-refractivity contribution in [2.75, 3.05) is 20.1 Å². The number of piperidine rings is 1. The second-order valence-corrected chi connectivity index (χ2v) is 7.52. The molecule has 0 atom stereocenters. The Morgan fingerprint density at radius 1 is 0.957 bits per heavy atom. The Labute approximate surface area is 140 Å². The Bertz CT molecular complexity index is 666. The van der Waals surface area contributed by atoms with Gasteiger partial charge in [0.2, 0.25) is 0 Å². The summed E-state index contributed by atoms with van der Waals surface area (Å²) in [5, 5.41) is 0. The summed E-state index contributed by atoms with van der Waals surface area (Å²) >= 11 is 1.67. The highest BCUT2D eigenvalue weighted by atomic mass is 32.2. The maximum atomic E-state index is 14.4. The SMILES string of the molecule is CN1CCC(SCc2ccccc2F)(c2ccccc2F)CC1. The summed E-state index contributed by atoms with van der Waals surface area (Å²) in [5.74, 6) is 0.222. The molecule has 1 heterocycles. The first-order chi connectivity index (χ1) is 11.1. The Morgan fingerprint density at radius 3 is 2.22 bits per heavy atom. The van der Waals surface area contributed by atoms with Gasteiger partial charge in [-0.25, -0.2) is 8.78 Å². The Balaban J connectivity index is 1.87. The lowest BCUT2D eigenvalue weighted by atomic mass is 9.88. The first kappa shape index (κ1) is 16.5. The van der Waals surface area contributed by atoms with E-state index in [0.29, 0.717) is 11.3 Å². The molecule has 1 fully saturated rings. The van der Waals surface area contributed by atoms with Gasteiger partial charge in [0.15, 0.2) is 0 Å². The van der Waals surface area contributed by atoms with E-state index >= 15 is 0 Å². The second-order valence-electron chi connectivity index (χ2n) is 6.16. The van der Waals surface area contributed by atoms with Crippen LogP contribution in [0.5, 0.6) is 0 Å². The molecule has 0 amide bonds. The molecular formula is C19H21F2NS. The van der Waals surface area contributed by atoms with Crippen LogP contribution in [0.3, 0.4) is 0 Å². The predicted molar refractivity (Wildman–Crippen MR) is 92.5 cm³/mol. The van der Waals surface area contributed by atoms with Gasteiger partial charge in [-0.05, 0) is 50.7 Å². The molecule has 2 aromatic rings. The molecule has 23 heavy (non-hydrogen) atoms. The summed E-state index contributed by atoms with van der Waals surface area (Å²) in [6.07, 6.45) is 1.76. The second kappa shape index (κ2) is 7.02. The first-order valence-corrected chi connectivity index (χ1v) is 8.90. The van der Waals surface area contributed by atoms with Gasteiger partial charge in [-0.1, -0.05) is 36.4 Å². The number of rotatable bonds is 4. The lowest BCUT2D eigenvalue weighted by Gasteiger charge is -2.41. The van der Waals surface area contributed by atoms with Gasteiger partial charge in [0, 0.05) is 16.1 Å². The Hall–Kier alpha value is -1.39. The van der Waals surface area contributed by atoms with Crippen molar-refractivity contribution in [2.45, 2.75) is 23.3 Å². The van der Waals surface area contributed by atoms with Crippen LogP contribution < -0.4 is 0 Å². The van der Waals surface area contributed by atoms with E-state index in [1.807, 2.05) is 24.3 Å². The van der Waals surface area contributed by atoms with Gasteiger partial charge >= 0.3 is 0 Å².